The monoisotopic (exact) mass is 363 g/mol. The van der Waals surface area contributed by atoms with Crippen LogP contribution in [0, 0.1) is 13.8 Å². The van der Waals surface area contributed by atoms with Crippen molar-refractivity contribution in [3.05, 3.63) is 59.5 Å². The van der Waals surface area contributed by atoms with Crippen LogP contribution in [0.15, 0.2) is 47.0 Å². The zero-order valence-electron chi connectivity index (χ0n) is 15.6. The van der Waals surface area contributed by atoms with Gasteiger partial charge in [0.1, 0.15) is 5.75 Å². The number of benzene rings is 2. The van der Waals surface area contributed by atoms with Crippen LogP contribution in [0.25, 0.3) is 11.4 Å². The smallest absolute Gasteiger partial charge is 0.232 e. The van der Waals surface area contributed by atoms with Gasteiger partial charge in [-0.2, -0.15) is 4.98 Å². The first kappa shape index (κ1) is 17.3. The van der Waals surface area contributed by atoms with Gasteiger partial charge in [0.15, 0.2) is 0 Å². The van der Waals surface area contributed by atoms with Gasteiger partial charge >= 0.3 is 0 Å². The van der Waals surface area contributed by atoms with Crippen molar-refractivity contribution in [1.29, 1.82) is 0 Å². The summed E-state index contributed by atoms with van der Waals surface area (Å²) in [5, 5.41) is 4.15. The van der Waals surface area contributed by atoms with E-state index in [4.69, 9.17) is 9.26 Å². The number of hydrogen-bond acceptors (Lipinski definition) is 5. The molecule has 138 valence electrons. The number of carbonyl (C=O) groups excluding carboxylic acids is 1. The highest BCUT2D eigenvalue weighted by Gasteiger charge is 2.35. The lowest BCUT2D eigenvalue weighted by Crippen LogP contribution is -2.24. The summed E-state index contributed by atoms with van der Waals surface area (Å²) in [6.45, 7) is 4.58. The van der Waals surface area contributed by atoms with Gasteiger partial charge in [-0.1, -0.05) is 22.9 Å². The van der Waals surface area contributed by atoms with E-state index >= 15 is 0 Å². The standard InChI is InChI=1S/C21H21N3O3/c1-13-4-5-14(2)18(10-13)20-22-21(27-23-20)15-11-19(25)24(12-15)16-6-8-17(26-3)9-7-16/h4-10,15H,11-12H2,1-3H3. The van der Waals surface area contributed by atoms with Crippen LogP contribution < -0.4 is 9.64 Å². The molecule has 0 spiro atoms. The SMILES string of the molecule is COc1ccc(N2CC(c3nc(-c4cc(C)ccc4C)no3)CC2=O)cc1. The van der Waals surface area contributed by atoms with Crippen LogP contribution in [0.5, 0.6) is 5.75 Å². The number of aryl methyl sites for hydroxylation is 2. The van der Waals surface area contributed by atoms with Crippen molar-refractivity contribution in [2.75, 3.05) is 18.6 Å². The van der Waals surface area contributed by atoms with Crippen LogP contribution in [0.4, 0.5) is 5.69 Å². The minimum Gasteiger partial charge on any atom is -0.497 e. The molecule has 1 aromatic heterocycles. The lowest BCUT2D eigenvalue weighted by molar-refractivity contribution is -0.117. The second-order valence-electron chi connectivity index (χ2n) is 6.88. The molecular formula is C21H21N3O3. The number of ether oxygens (including phenoxy) is 1. The first-order valence-corrected chi connectivity index (χ1v) is 8.91. The normalized spacial score (nSPS) is 16.8. The average molecular weight is 363 g/mol. The molecule has 0 aliphatic carbocycles. The molecule has 0 radical (unpaired) electrons. The first-order valence-electron chi connectivity index (χ1n) is 8.91. The van der Waals surface area contributed by atoms with Gasteiger partial charge in [-0.3, -0.25) is 4.79 Å². The van der Waals surface area contributed by atoms with E-state index in [9.17, 15) is 4.79 Å². The lowest BCUT2D eigenvalue weighted by Gasteiger charge is -2.16. The maximum absolute atomic E-state index is 12.5. The van der Waals surface area contributed by atoms with Crippen molar-refractivity contribution in [3.8, 4) is 17.1 Å². The van der Waals surface area contributed by atoms with Crippen molar-refractivity contribution < 1.29 is 14.1 Å². The first-order chi connectivity index (χ1) is 13.0. The highest BCUT2D eigenvalue weighted by Crippen LogP contribution is 2.33. The lowest BCUT2D eigenvalue weighted by atomic mass is 10.1. The summed E-state index contributed by atoms with van der Waals surface area (Å²) in [7, 11) is 1.62. The molecule has 6 heteroatoms. The number of amides is 1. The topological polar surface area (TPSA) is 68.5 Å². The minimum absolute atomic E-state index is 0.0525. The van der Waals surface area contributed by atoms with E-state index in [1.165, 1.54) is 0 Å². The number of nitrogens with zero attached hydrogens (tertiary/aromatic N) is 3. The van der Waals surface area contributed by atoms with Crippen molar-refractivity contribution in [2.45, 2.75) is 26.2 Å². The van der Waals surface area contributed by atoms with Crippen LogP contribution in [0.1, 0.15) is 29.4 Å². The third-order valence-corrected chi connectivity index (χ3v) is 4.93. The highest BCUT2D eigenvalue weighted by molar-refractivity contribution is 5.96. The maximum Gasteiger partial charge on any atom is 0.232 e. The zero-order valence-corrected chi connectivity index (χ0v) is 15.6. The fourth-order valence-corrected chi connectivity index (χ4v) is 3.37. The molecule has 1 fully saturated rings. The predicted molar refractivity (Wildman–Crippen MR) is 102 cm³/mol. The summed E-state index contributed by atoms with van der Waals surface area (Å²) in [4.78, 5) is 18.8. The molecule has 6 nitrogen and oxygen atoms in total. The third-order valence-electron chi connectivity index (χ3n) is 4.93. The van der Waals surface area contributed by atoms with Crippen molar-refractivity contribution in [1.82, 2.24) is 10.1 Å². The third kappa shape index (κ3) is 3.30. The number of hydrogen-bond donors (Lipinski definition) is 0. The van der Waals surface area contributed by atoms with E-state index in [0.29, 0.717) is 24.7 Å². The molecule has 2 aromatic carbocycles. The van der Waals surface area contributed by atoms with Gasteiger partial charge in [0.2, 0.25) is 17.6 Å². The molecule has 1 atom stereocenters. The van der Waals surface area contributed by atoms with Crippen LogP contribution in [0.3, 0.4) is 0 Å². The molecule has 1 amide bonds. The number of anilines is 1. The number of rotatable bonds is 4. The Balaban J connectivity index is 1.56. The molecule has 3 aromatic rings. The minimum atomic E-state index is -0.106. The summed E-state index contributed by atoms with van der Waals surface area (Å²) in [6.07, 6.45) is 0.362. The Kier molecular flexibility index (Phi) is 4.39. The second kappa shape index (κ2) is 6.87. The van der Waals surface area contributed by atoms with Crippen molar-refractivity contribution >= 4 is 11.6 Å². The van der Waals surface area contributed by atoms with Crippen molar-refractivity contribution in [3.63, 3.8) is 0 Å². The molecular weight excluding hydrogens is 342 g/mol. The predicted octanol–water partition coefficient (Wildman–Crippen LogP) is 3.88. The molecule has 1 unspecified atom stereocenters. The second-order valence-corrected chi connectivity index (χ2v) is 6.88. The van der Waals surface area contributed by atoms with E-state index in [1.54, 1.807) is 12.0 Å². The van der Waals surface area contributed by atoms with Crippen molar-refractivity contribution in [2.24, 2.45) is 0 Å². The van der Waals surface area contributed by atoms with Gasteiger partial charge in [-0.15, -0.1) is 0 Å². The average Bonchev–Trinajstić information content (AvgIpc) is 3.31. The van der Waals surface area contributed by atoms with E-state index < -0.39 is 0 Å². The quantitative estimate of drug-likeness (QED) is 0.703. The maximum atomic E-state index is 12.5. The fraction of sp³-hybridized carbons (Fsp3) is 0.286. The van der Waals surface area contributed by atoms with Gasteiger partial charge in [-0.25, -0.2) is 0 Å². The summed E-state index contributed by atoms with van der Waals surface area (Å²) in [5.74, 6) is 1.79. The summed E-state index contributed by atoms with van der Waals surface area (Å²) < 4.78 is 10.7. The van der Waals surface area contributed by atoms with Crippen LogP contribution in [-0.2, 0) is 4.79 Å². The Morgan fingerprint density at radius 1 is 1.15 bits per heavy atom. The molecule has 0 bridgehead atoms. The fourth-order valence-electron chi connectivity index (χ4n) is 3.37. The molecule has 2 heterocycles. The van der Waals surface area contributed by atoms with Crippen LogP contribution in [-0.4, -0.2) is 29.7 Å². The van der Waals surface area contributed by atoms with E-state index in [0.717, 1.165) is 28.1 Å². The Bertz CT molecular complexity index is 979. The zero-order chi connectivity index (χ0) is 19.0. The Hall–Kier alpha value is -3.15. The Morgan fingerprint density at radius 2 is 1.93 bits per heavy atom. The molecule has 27 heavy (non-hydrogen) atoms. The van der Waals surface area contributed by atoms with E-state index in [1.807, 2.05) is 50.2 Å². The molecule has 0 N–H and O–H groups in total. The molecule has 0 saturated carbocycles. The molecule has 4 rings (SSSR count). The molecule has 1 saturated heterocycles. The molecule has 1 aliphatic rings. The van der Waals surface area contributed by atoms with Gasteiger partial charge < -0.3 is 14.2 Å². The van der Waals surface area contributed by atoms with Gasteiger partial charge in [-0.05, 0) is 49.7 Å². The largest absolute Gasteiger partial charge is 0.497 e. The summed E-state index contributed by atoms with van der Waals surface area (Å²) in [5.41, 5.74) is 4.04. The van der Waals surface area contributed by atoms with Crippen LogP contribution in [0.2, 0.25) is 0 Å². The highest BCUT2D eigenvalue weighted by atomic mass is 16.5. The Morgan fingerprint density at radius 3 is 2.67 bits per heavy atom. The van der Waals surface area contributed by atoms with E-state index in [2.05, 4.69) is 16.2 Å². The van der Waals surface area contributed by atoms with Gasteiger partial charge in [0, 0.05) is 24.2 Å². The van der Waals surface area contributed by atoms with E-state index in [-0.39, 0.29) is 11.8 Å². The Labute approximate surface area is 157 Å². The molecule has 1 aliphatic heterocycles. The number of aromatic nitrogens is 2. The summed E-state index contributed by atoms with van der Waals surface area (Å²) >= 11 is 0. The number of methoxy groups -OCH3 is 1. The van der Waals surface area contributed by atoms with Gasteiger partial charge in [0.05, 0.1) is 13.0 Å². The summed E-state index contributed by atoms with van der Waals surface area (Å²) in [6, 6.07) is 13.6. The van der Waals surface area contributed by atoms with Gasteiger partial charge in [0.25, 0.3) is 0 Å². The number of carbonyl (C=O) groups is 1. The van der Waals surface area contributed by atoms with Crippen LogP contribution >= 0.6 is 0 Å².